The van der Waals surface area contributed by atoms with Crippen LogP contribution in [0, 0.1) is 0 Å². The molecule has 0 radical (unpaired) electrons. The molecule has 0 rings (SSSR count). The van der Waals surface area contributed by atoms with Crippen LogP contribution in [0.25, 0.3) is 0 Å². The third-order valence-electron chi connectivity index (χ3n) is 0. The van der Waals surface area contributed by atoms with Crippen LogP contribution in [0.15, 0.2) is 0 Å². The summed E-state index contributed by atoms with van der Waals surface area (Å²) < 4.78 is 68.0. The predicted octanol–water partition coefficient (Wildman–Crippen LogP) is -0.306. The molecule has 0 aliphatic rings. The van der Waals surface area contributed by atoms with Crippen molar-refractivity contribution in [3.05, 3.63) is 0 Å². The third-order valence-corrected chi connectivity index (χ3v) is 0. The molecule has 0 amide bonds. The van der Waals surface area contributed by atoms with Crippen LogP contribution in [0.3, 0.4) is 0 Å². The van der Waals surface area contributed by atoms with E-state index in [9.17, 15) is 19.5 Å². The average molecular weight is 401 g/mol. The Hall–Kier alpha value is 0.339. The summed E-state index contributed by atoms with van der Waals surface area (Å²) in [6, 6.07) is 0. The van der Waals surface area contributed by atoms with Gasteiger partial charge in [-0.15, -0.1) is 0 Å². The molecule has 0 N–H and O–H groups in total. The van der Waals surface area contributed by atoms with E-state index in [0.29, 0.717) is 0 Å². The number of hydrogen-bond donors (Lipinski definition) is 0. The van der Waals surface area contributed by atoms with Crippen molar-refractivity contribution in [2.75, 3.05) is 0 Å². The van der Waals surface area contributed by atoms with Gasteiger partial charge >= 0.3 is 35.4 Å². The van der Waals surface area contributed by atoms with E-state index < -0.39 is 23.7 Å². The molecule has 86 valence electrons. The topological polar surface area (TPSA) is 86.2 Å². The summed E-state index contributed by atoms with van der Waals surface area (Å²) in [7, 11) is -5.39. The molecule has 4 nitrogen and oxygen atoms in total. The fraction of sp³-hybridized carbons (Fsp3) is 0. The van der Waals surface area contributed by atoms with Gasteiger partial charge in [-0.3, -0.25) is 0 Å². The van der Waals surface area contributed by atoms with E-state index in [2.05, 4.69) is 0 Å². The first kappa shape index (κ1) is 14.8. The van der Waals surface area contributed by atoms with Gasteiger partial charge in [0, 0.05) is 0 Å². The molecule has 0 saturated heterocycles. The van der Waals surface area contributed by atoms with Gasteiger partial charge in [-0.05, 0) is 0 Å². The average Bonchev–Trinajstić information content (AvgIpc) is 1.04. The number of hydrogen-bond acceptors (Lipinski definition) is 4. The maximum absolute atomic E-state index is 11.2. The molecule has 0 aromatic rings. The molecule has 0 bridgehead atoms. The molecule has 0 saturated carbocycles. The van der Waals surface area contributed by atoms with Gasteiger partial charge in [0.05, 0.1) is 0 Å². The van der Waals surface area contributed by atoms with E-state index in [1.807, 2.05) is 0 Å². The summed E-state index contributed by atoms with van der Waals surface area (Å²) in [5.74, 6) is 0. The van der Waals surface area contributed by atoms with Crippen molar-refractivity contribution in [3.63, 3.8) is 0 Å². The molecule has 0 atom stereocenters. The van der Waals surface area contributed by atoms with Crippen LogP contribution < -0.4 is 14.7 Å². The fourth-order valence-electron chi connectivity index (χ4n) is 0. The van der Waals surface area contributed by atoms with Gasteiger partial charge in [-0.2, -0.15) is 7.82 Å². The van der Waals surface area contributed by atoms with E-state index in [0.717, 1.165) is 0 Å². The third kappa shape index (κ3) is 7830. The first-order valence-electron chi connectivity index (χ1n) is 1.49. The van der Waals surface area contributed by atoms with Gasteiger partial charge in [0.2, 0.25) is 0 Å². The van der Waals surface area contributed by atoms with E-state index in [-0.39, 0.29) is 0 Å². The zero-order chi connectivity index (χ0) is 10.9. The molecule has 12 heavy (non-hydrogen) atoms. The molecule has 12 heteroatoms. The van der Waals surface area contributed by atoms with Gasteiger partial charge in [0.25, 0.3) is 0 Å². The quantitative estimate of drug-likeness (QED) is 0.412. The fourth-order valence-corrected chi connectivity index (χ4v) is 0. The predicted molar refractivity (Wildman–Crippen MR) is 14.3 cm³/mol. The van der Waals surface area contributed by atoms with Crippen LogP contribution in [-0.4, -0.2) is 0 Å². The Morgan fingerprint density at radius 3 is 0.833 bits per heavy atom. The van der Waals surface area contributed by atoms with E-state index in [1.165, 1.54) is 0 Å². The van der Waals surface area contributed by atoms with Crippen molar-refractivity contribution in [3.8, 4) is 0 Å². The summed E-state index contributed by atoms with van der Waals surface area (Å²) in [6.07, 6.45) is 0. The Labute approximate surface area is 63.3 Å². The van der Waals surface area contributed by atoms with Gasteiger partial charge in [0.15, 0.2) is 0 Å². The summed E-state index contributed by atoms with van der Waals surface area (Å²) in [6.45, 7) is 0. The maximum atomic E-state index is 9.92. The van der Waals surface area contributed by atoms with E-state index in [4.69, 9.17) is 19.2 Å². The van der Waals surface area contributed by atoms with Crippen LogP contribution in [0.4, 0.5) is 19.5 Å². The van der Waals surface area contributed by atoms with Crippen LogP contribution in [0.1, 0.15) is 0 Å². The molecule has 0 spiro atoms. The monoisotopic (exact) mass is 402 g/mol. The molecule has 0 aliphatic heterocycles. The summed E-state index contributed by atoms with van der Waals surface area (Å²) >= 11 is -11.2. The second kappa shape index (κ2) is 2.66. The number of rotatable bonds is 0. The summed E-state index contributed by atoms with van der Waals surface area (Å²) in [5, 5.41) is 0. The molecular formula is F6IrO4P-6. The van der Waals surface area contributed by atoms with Crippen molar-refractivity contribution in [1.29, 1.82) is 0 Å². The number of phosphoric acid groups is 1. The molecule has 0 aromatic heterocycles. The van der Waals surface area contributed by atoms with Crippen molar-refractivity contribution in [2.24, 2.45) is 0 Å². The van der Waals surface area contributed by atoms with Crippen LogP contribution in [0.5, 0.6) is 0 Å². The Bertz CT molecular complexity index is 173. The Morgan fingerprint density at radius 1 is 0.833 bits per heavy atom. The first-order chi connectivity index (χ1) is 4.45. The van der Waals surface area contributed by atoms with Gasteiger partial charge in [-0.1, -0.05) is 0 Å². The normalized spacial score (nSPS) is 18.4. The van der Waals surface area contributed by atoms with Crippen molar-refractivity contribution in [1.82, 2.24) is 0 Å². The molecule has 0 unspecified atom stereocenters. The summed E-state index contributed by atoms with van der Waals surface area (Å²) in [5.41, 5.74) is 0. The van der Waals surface area contributed by atoms with Crippen molar-refractivity contribution < 1.29 is 54.7 Å². The molecule has 0 aromatic carbocycles. The summed E-state index contributed by atoms with van der Waals surface area (Å²) in [4.78, 5) is 25.6. The Kier molecular flexibility index (Phi) is 3.29. The standard InChI is InChI=1S/6FH.Ir.H3O4P/c;;;;;;;1-5(2,3)4/h6*1H;;(H3,1,2,3,4)/q;;;;;;+3;/p-9. The van der Waals surface area contributed by atoms with Crippen LogP contribution in [0.2, 0.25) is 0 Å². The first-order valence-corrected chi connectivity index (χ1v) is 8.38. The molecule has 0 heterocycles. The van der Waals surface area contributed by atoms with Crippen molar-refractivity contribution in [2.45, 2.75) is 0 Å². The van der Waals surface area contributed by atoms with Crippen LogP contribution >= 0.6 is 7.82 Å². The van der Waals surface area contributed by atoms with Gasteiger partial charge in [0.1, 0.15) is 0 Å². The SMILES string of the molecule is O=P([O-])([O-])[O-].[F][Ir-3]([F])([F])([F])([F])[F]. The van der Waals surface area contributed by atoms with Gasteiger partial charge in [-0.25, -0.2) is 0 Å². The molecule has 0 fully saturated rings. The number of halogens is 6. The molecule has 0 aliphatic carbocycles. The van der Waals surface area contributed by atoms with Crippen molar-refractivity contribution >= 4 is 7.82 Å². The second-order valence-corrected chi connectivity index (χ2v) is 7.19. The minimum absolute atomic E-state index is 5.39. The van der Waals surface area contributed by atoms with E-state index in [1.54, 1.807) is 0 Å². The zero-order valence-electron chi connectivity index (χ0n) is 4.68. The second-order valence-electron chi connectivity index (χ2n) is 1.16. The van der Waals surface area contributed by atoms with E-state index >= 15 is 0 Å². The van der Waals surface area contributed by atoms with Gasteiger partial charge < -0.3 is 19.2 Å². The minimum atomic E-state index is -11.2. The Morgan fingerprint density at radius 2 is 0.833 bits per heavy atom. The zero-order valence-corrected chi connectivity index (χ0v) is 7.97. The van der Waals surface area contributed by atoms with Crippen LogP contribution in [-0.2, 0) is 20.5 Å². The Balaban J connectivity index is 0. The molecular weight excluding hydrogens is 401 g/mol.